The van der Waals surface area contributed by atoms with Crippen LogP contribution in [0.3, 0.4) is 0 Å². The van der Waals surface area contributed by atoms with Crippen LogP contribution in [0, 0.1) is 22.7 Å². The number of likely N-dealkylation sites (tertiary alicyclic amines) is 1. The van der Waals surface area contributed by atoms with Crippen molar-refractivity contribution in [1.29, 1.82) is 0 Å². The lowest BCUT2D eigenvalue weighted by Crippen LogP contribution is -2.63. The highest BCUT2D eigenvalue weighted by Crippen LogP contribution is 2.54. The summed E-state index contributed by atoms with van der Waals surface area (Å²) in [4.78, 5) is 26.0. The van der Waals surface area contributed by atoms with E-state index in [1.807, 2.05) is 4.90 Å². The SMILES string of the molecule is COC(=O)[C@@H]1CNCC12CN(C(=O)[C@H]1CC1(C)C)C2. The summed E-state index contributed by atoms with van der Waals surface area (Å²) in [5.41, 5.74) is 0.0945. The average molecular weight is 266 g/mol. The number of hydrogen-bond donors (Lipinski definition) is 1. The van der Waals surface area contributed by atoms with Gasteiger partial charge in [0.05, 0.1) is 13.0 Å². The molecule has 0 bridgehead atoms. The molecule has 5 nitrogen and oxygen atoms in total. The van der Waals surface area contributed by atoms with Gasteiger partial charge in [-0.25, -0.2) is 0 Å². The maximum Gasteiger partial charge on any atom is 0.310 e. The van der Waals surface area contributed by atoms with E-state index in [1.54, 1.807) is 0 Å². The summed E-state index contributed by atoms with van der Waals surface area (Å²) in [5.74, 6) is 0.208. The minimum absolute atomic E-state index is 0.0816. The summed E-state index contributed by atoms with van der Waals surface area (Å²) in [6, 6.07) is 0. The standard InChI is InChI=1S/C14H22N2O3/c1-13(2)4-9(13)11(17)16-7-14(8-16)6-15-5-10(14)12(18)19-3/h9-10,15H,4-8H2,1-3H3/t9-,10+/m1/s1. The highest BCUT2D eigenvalue weighted by molar-refractivity contribution is 5.84. The minimum Gasteiger partial charge on any atom is -0.469 e. The van der Waals surface area contributed by atoms with E-state index in [9.17, 15) is 9.59 Å². The number of rotatable bonds is 2. The maximum absolute atomic E-state index is 12.3. The minimum atomic E-state index is -0.149. The van der Waals surface area contributed by atoms with Crippen molar-refractivity contribution in [3.05, 3.63) is 0 Å². The van der Waals surface area contributed by atoms with Crippen molar-refractivity contribution in [3.8, 4) is 0 Å². The van der Waals surface area contributed by atoms with Crippen LogP contribution in [-0.2, 0) is 14.3 Å². The Balaban J connectivity index is 1.62. The molecule has 0 radical (unpaired) electrons. The summed E-state index contributed by atoms with van der Waals surface area (Å²) in [6.07, 6.45) is 0.994. The van der Waals surface area contributed by atoms with Crippen molar-refractivity contribution < 1.29 is 14.3 Å². The van der Waals surface area contributed by atoms with Crippen molar-refractivity contribution in [2.75, 3.05) is 33.3 Å². The third kappa shape index (κ3) is 1.86. The number of amides is 1. The molecule has 2 aliphatic heterocycles. The number of nitrogens with one attached hydrogen (secondary N) is 1. The van der Waals surface area contributed by atoms with Gasteiger partial charge >= 0.3 is 5.97 Å². The van der Waals surface area contributed by atoms with Crippen LogP contribution in [0.25, 0.3) is 0 Å². The maximum atomic E-state index is 12.3. The van der Waals surface area contributed by atoms with Crippen LogP contribution in [0.5, 0.6) is 0 Å². The topological polar surface area (TPSA) is 58.6 Å². The van der Waals surface area contributed by atoms with Crippen LogP contribution in [0.2, 0.25) is 0 Å². The number of methoxy groups -OCH3 is 1. The van der Waals surface area contributed by atoms with E-state index in [0.29, 0.717) is 19.6 Å². The van der Waals surface area contributed by atoms with Gasteiger partial charge < -0.3 is 15.0 Å². The van der Waals surface area contributed by atoms with Gasteiger partial charge in [0.15, 0.2) is 0 Å². The van der Waals surface area contributed by atoms with Crippen LogP contribution in [0.4, 0.5) is 0 Å². The first-order valence-electron chi connectivity index (χ1n) is 6.97. The van der Waals surface area contributed by atoms with E-state index in [0.717, 1.165) is 13.0 Å². The predicted molar refractivity (Wildman–Crippen MR) is 69.3 cm³/mol. The van der Waals surface area contributed by atoms with E-state index >= 15 is 0 Å². The number of esters is 1. The zero-order valence-corrected chi connectivity index (χ0v) is 11.9. The van der Waals surface area contributed by atoms with Gasteiger partial charge in [-0.05, 0) is 11.8 Å². The molecule has 2 atom stereocenters. The Labute approximate surface area is 113 Å². The second-order valence-corrected chi connectivity index (χ2v) is 7.01. The molecule has 5 heteroatoms. The molecular weight excluding hydrogens is 244 g/mol. The van der Waals surface area contributed by atoms with E-state index < -0.39 is 0 Å². The average Bonchev–Trinajstić information content (AvgIpc) is 2.76. The molecule has 3 aliphatic rings. The molecule has 3 rings (SSSR count). The Morgan fingerprint density at radius 2 is 1.89 bits per heavy atom. The molecule has 0 aromatic heterocycles. The fourth-order valence-corrected chi connectivity index (χ4v) is 3.59. The molecule has 2 heterocycles. The first kappa shape index (κ1) is 12.9. The number of carbonyl (C=O) groups excluding carboxylic acids is 2. The van der Waals surface area contributed by atoms with Crippen molar-refractivity contribution in [2.45, 2.75) is 20.3 Å². The number of nitrogens with zero attached hydrogens (tertiary/aromatic N) is 1. The highest BCUT2D eigenvalue weighted by atomic mass is 16.5. The zero-order chi connectivity index (χ0) is 13.8. The molecule has 0 aromatic carbocycles. The number of hydrogen-bond acceptors (Lipinski definition) is 4. The molecule has 1 amide bonds. The Kier molecular flexibility index (Phi) is 2.68. The Morgan fingerprint density at radius 3 is 2.42 bits per heavy atom. The predicted octanol–water partition coefficient (Wildman–Crippen LogP) is 0.254. The Hall–Kier alpha value is -1.10. The second kappa shape index (κ2) is 3.95. The van der Waals surface area contributed by atoms with Gasteiger partial charge in [0, 0.05) is 37.5 Å². The zero-order valence-electron chi connectivity index (χ0n) is 11.9. The summed E-state index contributed by atoms with van der Waals surface area (Å²) < 4.78 is 4.87. The van der Waals surface area contributed by atoms with E-state index in [4.69, 9.17) is 4.74 Å². The van der Waals surface area contributed by atoms with Crippen LogP contribution in [-0.4, -0.2) is 50.1 Å². The smallest absolute Gasteiger partial charge is 0.310 e. The molecule has 106 valence electrons. The highest BCUT2D eigenvalue weighted by Gasteiger charge is 2.60. The molecular formula is C14H22N2O3. The summed E-state index contributed by atoms with van der Waals surface area (Å²) in [7, 11) is 1.43. The van der Waals surface area contributed by atoms with Gasteiger partial charge in [-0.2, -0.15) is 0 Å². The van der Waals surface area contributed by atoms with E-state index in [-0.39, 0.29) is 34.5 Å². The summed E-state index contributed by atoms with van der Waals surface area (Å²) in [6.45, 7) is 7.16. The third-order valence-electron chi connectivity index (χ3n) is 5.19. The normalized spacial score (nSPS) is 33.9. The van der Waals surface area contributed by atoms with Gasteiger partial charge in [-0.3, -0.25) is 9.59 Å². The lowest BCUT2D eigenvalue weighted by Gasteiger charge is -2.50. The fourth-order valence-electron chi connectivity index (χ4n) is 3.59. The van der Waals surface area contributed by atoms with Crippen LogP contribution in [0.15, 0.2) is 0 Å². The van der Waals surface area contributed by atoms with Crippen LogP contribution in [0.1, 0.15) is 20.3 Å². The van der Waals surface area contributed by atoms with Gasteiger partial charge in [0.2, 0.25) is 5.91 Å². The van der Waals surface area contributed by atoms with Gasteiger partial charge in [0.25, 0.3) is 0 Å². The first-order chi connectivity index (χ1) is 8.89. The Morgan fingerprint density at radius 1 is 1.26 bits per heavy atom. The van der Waals surface area contributed by atoms with Gasteiger partial charge in [-0.1, -0.05) is 13.8 Å². The lowest BCUT2D eigenvalue weighted by atomic mass is 9.71. The monoisotopic (exact) mass is 266 g/mol. The van der Waals surface area contributed by atoms with Gasteiger partial charge in [0.1, 0.15) is 0 Å². The molecule has 19 heavy (non-hydrogen) atoms. The van der Waals surface area contributed by atoms with E-state index in [1.165, 1.54) is 7.11 Å². The molecule has 3 fully saturated rings. The van der Waals surface area contributed by atoms with Crippen molar-refractivity contribution in [1.82, 2.24) is 10.2 Å². The molecule has 1 saturated carbocycles. The lowest BCUT2D eigenvalue weighted by molar-refractivity contribution is -0.160. The molecule has 0 unspecified atom stereocenters. The van der Waals surface area contributed by atoms with Crippen LogP contribution >= 0.6 is 0 Å². The number of carbonyl (C=O) groups is 2. The summed E-state index contributed by atoms with van der Waals surface area (Å²) >= 11 is 0. The van der Waals surface area contributed by atoms with Crippen LogP contribution < -0.4 is 5.32 Å². The molecule has 2 saturated heterocycles. The second-order valence-electron chi connectivity index (χ2n) is 7.01. The van der Waals surface area contributed by atoms with Crippen molar-refractivity contribution in [2.24, 2.45) is 22.7 Å². The molecule has 1 spiro atoms. The molecule has 0 aromatic rings. The Bertz CT molecular complexity index is 426. The first-order valence-corrected chi connectivity index (χ1v) is 6.97. The molecule has 1 aliphatic carbocycles. The summed E-state index contributed by atoms with van der Waals surface area (Å²) in [5, 5.41) is 3.26. The van der Waals surface area contributed by atoms with Crippen molar-refractivity contribution in [3.63, 3.8) is 0 Å². The van der Waals surface area contributed by atoms with Gasteiger partial charge in [-0.15, -0.1) is 0 Å². The fraction of sp³-hybridized carbons (Fsp3) is 0.857. The quantitative estimate of drug-likeness (QED) is 0.728. The number of ether oxygens (including phenoxy) is 1. The largest absolute Gasteiger partial charge is 0.469 e. The molecule has 1 N–H and O–H groups in total. The van der Waals surface area contributed by atoms with E-state index in [2.05, 4.69) is 19.2 Å². The third-order valence-corrected chi connectivity index (χ3v) is 5.19. The van der Waals surface area contributed by atoms with Crippen molar-refractivity contribution >= 4 is 11.9 Å².